The fourth-order valence-electron chi connectivity index (χ4n) is 1.74. The van der Waals surface area contributed by atoms with E-state index in [2.05, 4.69) is 6.58 Å². The fourth-order valence-corrected chi connectivity index (χ4v) is 1.74. The smallest absolute Gasteiger partial charge is 0.410 e. The number of amides is 1. The van der Waals surface area contributed by atoms with Gasteiger partial charge in [0, 0.05) is 13.7 Å². The molecule has 0 N–H and O–H groups in total. The van der Waals surface area contributed by atoms with Gasteiger partial charge >= 0.3 is 6.09 Å². The molecule has 1 aliphatic heterocycles. The predicted octanol–water partition coefficient (Wildman–Crippen LogP) is 2.88. The van der Waals surface area contributed by atoms with Crippen molar-refractivity contribution in [3.63, 3.8) is 0 Å². The zero-order valence-corrected chi connectivity index (χ0v) is 11.3. The van der Waals surface area contributed by atoms with Crippen LogP contribution in [0.25, 0.3) is 0 Å². The van der Waals surface area contributed by atoms with Gasteiger partial charge in [0.1, 0.15) is 5.76 Å². The molecule has 4 heteroatoms. The summed E-state index contributed by atoms with van der Waals surface area (Å²) in [7, 11) is 1.66. The van der Waals surface area contributed by atoms with Crippen LogP contribution < -0.4 is 0 Å². The van der Waals surface area contributed by atoms with Crippen molar-refractivity contribution < 1.29 is 14.3 Å². The Morgan fingerprint density at radius 2 is 2.22 bits per heavy atom. The fraction of sp³-hybridized carbons (Fsp3) is 0.500. The lowest BCUT2D eigenvalue weighted by molar-refractivity contribution is 0.0996. The third-order valence-electron chi connectivity index (χ3n) is 2.95. The minimum atomic E-state index is -0.330. The Bertz CT molecular complexity index is 371. The molecule has 0 aromatic rings. The number of rotatable bonds is 4. The third-order valence-corrected chi connectivity index (χ3v) is 2.95. The van der Waals surface area contributed by atoms with Gasteiger partial charge in [-0.3, -0.25) is 0 Å². The number of nitrogens with zero attached hydrogens (tertiary/aromatic N) is 1. The van der Waals surface area contributed by atoms with Crippen LogP contribution in [-0.4, -0.2) is 37.3 Å². The van der Waals surface area contributed by atoms with E-state index in [9.17, 15) is 4.79 Å². The summed E-state index contributed by atoms with van der Waals surface area (Å²) in [6.45, 7) is 8.67. The van der Waals surface area contributed by atoms with Crippen molar-refractivity contribution in [2.24, 2.45) is 0 Å². The first-order chi connectivity index (χ1) is 8.62. The van der Waals surface area contributed by atoms with Gasteiger partial charge in [-0.2, -0.15) is 0 Å². The van der Waals surface area contributed by atoms with Gasteiger partial charge in [0.15, 0.2) is 0 Å². The molecular formula is C14H21NO3. The summed E-state index contributed by atoms with van der Waals surface area (Å²) in [4.78, 5) is 13.6. The molecule has 0 aromatic heterocycles. The zero-order chi connectivity index (χ0) is 13.5. The maximum Gasteiger partial charge on any atom is 0.415 e. The van der Waals surface area contributed by atoms with Crippen LogP contribution in [0.15, 0.2) is 36.1 Å². The summed E-state index contributed by atoms with van der Waals surface area (Å²) in [5.41, 5.74) is 0.837. The number of hydrogen-bond acceptors (Lipinski definition) is 3. The third kappa shape index (κ3) is 3.74. The summed E-state index contributed by atoms with van der Waals surface area (Å²) in [6, 6.07) is 0. The average molecular weight is 251 g/mol. The molecule has 0 radical (unpaired) electrons. The van der Waals surface area contributed by atoms with Gasteiger partial charge in [-0.25, -0.2) is 4.79 Å². The van der Waals surface area contributed by atoms with Gasteiger partial charge in [0.05, 0.1) is 12.6 Å². The van der Waals surface area contributed by atoms with E-state index in [1.165, 1.54) is 0 Å². The highest BCUT2D eigenvalue weighted by Crippen LogP contribution is 2.16. The second kappa shape index (κ2) is 7.01. The molecule has 1 unspecified atom stereocenters. The summed E-state index contributed by atoms with van der Waals surface area (Å²) in [5, 5.41) is 0. The molecule has 1 amide bonds. The number of hydrogen-bond donors (Lipinski definition) is 0. The number of carbonyl (C=O) groups excluding carboxylic acids is 1. The van der Waals surface area contributed by atoms with Crippen LogP contribution in [0.5, 0.6) is 0 Å². The van der Waals surface area contributed by atoms with E-state index in [1.54, 1.807) is 24.2 Å². The summed E-state index contributed by atoms with van der Waals surface area (Å²) < 4.78 is 10.6. The van der Waals surface area contributed by atoms with Gasteiger partial charge < -0.3 is 14.4 Å². The van der Waals surface area contributed by atoms with Crippen LogP contribution in [0.4, 0.5) is 4.79 Å². The average Bonchev–Trinajstić information content (AvgIpc) is 2.86. The van der Waals surface area contributed by atoms with E-state index in [1.807, 2.05) is 19.9 Å². The molecular weight excluding hydrogens is 230 g/mol. The first-order valence-electron chi connectivity index (χ1n) is 6.08. The van der Waals surface area contributed by atoms with Gasteiger partial charge in [0.2, 0.25) is 0 Å². The highest BCUT2D eigenvalue weighted by molar-refractivity contribution is 5.70. The second-order valence-corrected chi connectivity index (χ2v) is 4.21. The van der Waals surface area contributed by atoms with E-state index in [0.717, 1.165) is 12.0 Å². The number of methoxy groups -OCH3 is 1. The number of ether oxygens (including phenoxy) is 2. The molecule has 0 bridgehead atoms. The van der Waals surface area contributed by atoms with Crippen molar-refractivity contribution in [3.05, 3.63) is 36.1 Å². The Morgan fingerprint density at radius 3 is 2.72 bits per heavy atom. The normalized spacial score (nSPS) is 21.1. The Hall–Kier alpha value is -1.55. The number of carbonyl (C=O) groups is 1. The van der Waals surface area contributed by atoms with E-state index >= 15 is 0 Å². The van der Waals surface area contributed by atoms with Gasteiger partial charge in [-0.1, -0.05) is 18.7 Å². The molecule has 0 aliphatic carbocycles. The van der Waals surface area contributed by atoms with Crippen LogP contribution >= 0.6 is 0 Å². The quantitative estimate of drug-likeness (QED) is 0.569. The number of likely N-dealkylation sites (tertiary alicyclic amines) is 1. The van der Waals surface area contributed by atoms with Crippen LogP contribution in [0, 0.1) is 0 Å². The van der Waals surface area contributed by atoms with Crippen molar-refractivity contribution in [1.82, 2.24) is 4.90 Å². The number of allylic oxidation sites excluding steroid dienone is 4. The van der Waals surface area contributed by atoms with Crippen molar-refractivity contribution in [2.45, 2.75) is 26.4 Å². The molecule has 18 heavy (non-hydrogen) atoms. The lowest BCUT2D eigenvalue weighted by Gasteiger charge is -2.16. The maximum absolute atomic E-state index is 12.0. The van der Waals surface area contributed by atoms with Crippen molar-refractivity contribution in [2.75, 3.05) is 20.2 Å². The Kier molecular flexibility index (Phi) is 5.65. The standard InChI is InChI=1S/C14H21NO3/c1-5-7-13(11(3)6-2)18-14(16)15-9-8-12(10-15)17-4/h5-7,12H,2,8-10H2,1,3-4H3/b7-5-,13-11+. The summed E-state index contributed by atoms with van der Waals surface area (Å²) in [5.74, 6) is 0.540. The minimum Gasteiger partial charge on any atom is -0.410 e. The van der Waals surface area contributed by atoms with Crippen molar-refractivity contribution in [1.29, 1.82) is 0 Å². The van der Waals surface area contributed by atoms with Crippen molar-refractivity contribution >= 4 is 6.09 Å². The Balaban J connectivity index is 2.66. The molecule has 0 saturated carbocycles. The molecule has 1 heterocycles. The highest BCUT2D eigenvalue weighted by atomic mass is 16.6. The Morgan fingerprint density at radius 1 is 1.50 bits per heavy atom. The molecule has 1 fully saturated rings. The molecule has 100 valence electrons. The molecule has 1 saturated heterocycles. The van der Waals surface area contributed by atoms with E-state index < -0.39 is 0 Å². The van der Waals surface area contributed by atoms with Crippen LogP contribution in [0.3, 0.4) is 0 Å². The summed E-state index contributed by atoms with van der Waals surface area (Å²) >= 11 is 0. The van der Waals surface area contributed by atoms with E-state index in [4.69, 9.17) is 9.47 Å². The SMILES string of the molecule is C=C/C(C)=C(\C=C/C)OC(=O)N1CCC(OC)C1. The molecule has 1 rings (SSSR count). The van der Waals surface area contributed by atoms with Gasteiger partial charge in [-0.05, 0) is 31.9 Å². The summed E-state index contributed by atoms with van der Waals surface area (Å²) in [6.07, 6.45) is 5.91. The molecule has 1 atom stereocenters. The van der Waals surface area contributed by atoms with E-state index in [0.29, 0.717) is 18.8 Å². The van der Waals surface area contributed by atoms with E-state index in [-0.39, 0.29) is 12.2 Å². The maximum atomic E-state index is 12.0. The lowest BCUT2D eigenvalue weighted by atomic mass is 10.2. The topological polar surface area (TPSA) is 38.8 Å². The second-order valence-electron chi connectivity index (χ2n) is 4.21. The largest absolute Gasteiger partial charge is 0.415 e. The monoisotopic (exact) mass is 251 g/mol. The predicted molar refractivity (Wildman–Crippen MR) is 71.2 cm³/mol. The molecule has 1 aliphatic rings. The lowest BCUT2D eigenvalue weighted by Crippen LogP contribution is -2.30. The van der Waals surface area contributed by atoms with Gasteiger partial charge in [-0.15, -0.1) is 0 Å². The Labute approximate surface area is 109 Å². The van der Waals surface area contributed by atoms with Gasteiger partial charge in [0.25, 0.3) is 0 Å². The molecule has 4 nitrogen and oxygen atoms in total. The minimum absolute atomic E-state index is 0.118. The van der Waals surface area contributed by atoms with Crippen molar-refractivity contribution in [3.8, 4) is 0 Å². The molecule has 0 aromatic carbocycles. The molecule has 0 spiro atoms. The van der Waals surface area contributed by atoms with Crippen LogP contribution in [0.1, 0.15) is 20.3 Å². The van der Waals surface area contributed by atoms with Crippen LogP contribution in [-0.2, 0) is 9.47 Å². The zero-order valence-electron chi connectivity index (χ0n) is 11.3. The highest BCUT2D eigenvalue weighted by Gasteiger charge is 2.27. The van der Waals surface area contributed by atoms with Crippen LogP contribution in [0.2, 0.25) is 0 Å². The first kappa shape index (κ1) is 14.5. The first-order valence-corrected chi connectivity index (χ1v) is 6.08.